The van der Waals surface area contributed by atoms with Gasteiger partial charge < -0.3 is 20.1 Å². The van der Waals surface area contributed by atoms with Gasteiger partial charge in [0.1, 0.15) is 11.5 Å². The van der Waals surface area contributed by atoms with Gasteiger partial charge in [0.2, 0.25) is 11.8 Å². The number of benzene rings is 2. The predicted octanol–water partition coefficient (Wildman–Crippen LogP) is 3.62. The van der Waals surface area contributed by atoms with E-state index in [1.807, 2.05) is 74.2 Å². The molecule has 0 heterocycles. The monoisotopic (exact) mass is 427 g/mol. The molecule has 0 radical (unpaired) electrons. The fourth-order valence-electron chi connectivity index (χ4n) is 3.36. The van der Waals surface area contributed by atoms with E-state index in [0.29, 0.717) is 18.0 Å². The minimum absolute atomic E-state index is 0.119. The number of nitrogens with zero attached hydrogens (tertiary/aromatic N) is 1. The van der Waals surface area contributed by atoms with Crippen molar-refractivity contribution in [1.82, 2.24) is 10.2 Å². The second-order valence-corrected chi connectivity index (χ2v) is 7.40. The minimum atomic E-state index is -0.451. The highest BCUT2D eigenvalue weighted by atomic mass is 16.5. The topological polar surface area (TPSA) is 79.9 Å². The van der Waals surface area contributed by atoms with Crippen LogP contribution < -0.4 is 20.1 Å². The smallest absolute Gasteiger partial charge is 0.241 e. The van der Waals surface area contributed by atoms with E-state index in [0.717, 1.165) is 17.7 Å². The Balaban J connectivity index is 2.04. The maximum absolute atomic E-state index is 12.8. The van der Waals surface area contributed by atoms with E-state index in [2.05, 4.69) is 10.6 Å². The van der Waals surface area contributed by atoms with Crippen LogP contribution in [0.4, 0.5) is 5.69 Å². The quantitative estimate of drug-likeness (QED) is 0.573. The lowest BCUT2D eigenvalue weighted by Crippen LogP contribution is -2.47. The first-order chi connectivity index (χ1) is 14.9. The van der Waals surface area contributed by atoms with Gasteiger partial charge in [0, 0.05) is 11.3 Å². The molecule has 2 aromatic rings. The first kappa shape index (κ1) is 24.2. The molecule has 0 fully saturated rings. The summed E-state index contributed by atoms with van der Waals surface area (Å²) in [7, 11) is 3.19. The fraction of sp³-hybridized carbons (Fsp3) is 0.417. The van der Waals surface area contributed by atoms with Crippen LogP contribution in [0.3, 0.4) is 0 Å². The Hall–Kier alpha value is -3.06. The number of nitrogens with one attached hydrogen (secondary N) is 2. The van der Waals surface area contributed by atoms with Crippen LogP contribution in [0.25, 0.3) is 0 Å². The lowest BCUT2D eigenvalue weighted by atomic mass is 10.1. The van der Waals surface area contributed by atoms with E-state index in [-0.39, 0.29) is 24.4 Å². The Morgan fingerprint density at radius 2 is 1.74 bits per heavy atom. The number of hydrogen-bond acceptors (Lipinski definition) is 5. The van der Waals surface area contributed by atoms with Gasteiger partial charge in [-0.25, -0.2) is 0 Å². The van der Waals surface area contributed by atoms with E-state index in [4.69, 9.17) is 9.47 Å². The van der Waals surface area contributed by atoms with E-state index in [1.165, 1.54) is 0 Å². The van der Waals surface area contributed by atoms with Crippen molar-refractivity contribution in [2.24, 2.45) is 0 Å². The maximum atomic E-state index is 12.8. The molecule has 0 bridgehead atoms. The van der Waals surface area contributed by atoms with Gasteiger partial charge >= 0.3 is 0 Å². The van der Waals surface area contributed by atoms with Crippen LogP contribution in [0, 0.1) is 0 Å². The molecule has 0 aliphatic carbocycles. The van der Waals surface area contributed by atoms with Crippen molar-refractivity contribution in [2.75, 3.05) is 32.6 Å². The Bertz CT molecular complexity index is 857. The highest BCUT2D eigenvalue weighted by molar-refractivity contribution is 5.94. The average Bonchev–Trinajstić information content (AvgIpc) is 2.78. The lowest BCUT2D eigenvalue weighted by Gasteiger charge is -2.28. The SMILES string of the molecule is CCCN(CC(=O)NC(C)c1cc(OC)ccc1OC)C(C)C(=O)Nc1ccccc1. The van der Waals surface area contributed by atoms with Crippen LogP contribution in [0.15, 0.2) is 48.5 Å². The van der Waals surface area contributed by atoms with Gasteiger partial charge in [0.15, 0.2) is 0 Å². The van der Waals surface area contributed by atoms with E-state index in [9.17, 15) is 9.59 Å². The number of methoxy groups -OCH3 is 2. The molecule has 7 heteroatoms. The van der Waals surface area contributed by atoms with Crippen molar-refractivity contribution in [3.63, 3.8) is 0 Å². The summed E-state index contributed by atoms with van der Waals surface area (Å²) in [6, 6.07) is 14.0. The van der Waals surface area contributed by atoms with Crippen molar-refractivity contribution >= 4 is 17.5 Å². The molecule has 7 nitrogen and oxygen atoms in total. The Morgan fingerprint density at radius 1 is 1.03 bits per heavy atom. The molecule has 0 aromatic heterocycles. The minimum Gasteiger partial charge on any atom is -0.497 e. The first-order valence-corrected chi connectivity index (χ1v) is 10.5. The summed E-state index contributed by atoms with van der Waals surface area (Å²) in [6.07, 6.45) is 0.829. The zero-order chi connectivity index (χ0) is 22.8. The van der Waals surface area contributed by atoms with E-state index >= 15 is 0 Å². The van der Waals surface area contributed by atoms with Gasteiger partial charge in [0.25, 0.3) is 0 Å². The molecule has 2 rings (SSSR count). The molecule has 0 spiro atoms. The highest BCUT2D eigenvalue weighted by Gasteiger charge is 2.24. The van der Waals surface area contributed by atoms with Crippen molar-refractivity contribution in [3.05, 3.63) is 54.1 Å². The third kappa shape index (κ3) is 7.00. The number of rotatable bonds is 11. The fourth-order valence-corrected chi connectivity index (χ4v) is 3.36. The molecule has 31 heavy (non-hydrogen) atoms. The number of amides is 2. The van der Waals surface area contributed by atoms with Gasteiger partial charge in [-0.3, -0.25) is 14.5 Å². The van der Waals surface area contributed by atoms with Crippen LogP contribution in [0.5, 0.6) is 11.5 Å². The van der Waals surface area contributed by atoms with Crippen molar-refractivity contribution in [1.29, 1.82) is 0 Å². The Morgan fingerprint density at radius 3 is 2.35 bits per heavy atom. The molecule has 2 amide bonds. The molecule has 168 valence electrons. The predicted molar refractivity (Wildman–Crippen MR) is 123 cm³/mol. The van der Waals surface area contributed by atoms with Gasteiger partial charge in [0.05, 0.1) is 32.8 Å². The summed E-state index contributed by atoms with van der Waals surface area (Å²) in [5, 5.41) is 5.91. The average molecular weight is 428 g/mol. The van der Waals surface area contributed by atoms with Gasteiger partial charge in [-0.2, -0.15) is 0 Å². The number of para-hydroxylation sites is 1. The molecule has 0 saturated heterocycles. The standard InChI is InChI=1S/C24H33N3O4/c1-6-14-27(18(3)24(29)26-19-10-8-7-9-11-19)16-23(28)25-17(2)21-15-20(30-4)12-13-22(21)31-5/h7-13,15,17-18H,6,14,16H2,1-5H3,(H,25,28)(H,26,29). The molecular weight excluding hydrogens is 394 g/mol. The zero-order valence-corrected chi connectivity index (χ0v) is 19.0. The molecular formula is C24H33N3O4. The molecule has 2 N–H and O–H groups in total. The molecule has 2 atom stereocenters. The van der Waals surface area contributed by atoms with Gasteiger partial charge in [-0.15, -0.1) is 0 Å². The third-order valence-electron chi connectivity index (χ3n) is 5.11. The Kier molecular flexibility index (Phi) is 9.34. The van der Waals surface area contributed by atoms with Gasteiger partial charge in [-0.05, 0) is 57.1 Å². The second kappa shape index (κ2) is 12.0. The third-order valence-corrected chi connectivity index (χ3v) is 5.11. The van der Waals surface area contributed by atoms with Crippen LogP contribution in [-0.2, 0) is 9.59 Å². The molecule has 0 aliphatic rings. The molecule has 0 aliphatic heterocycles. The largest absolute Gasteiger partial charge is 0.497 e. The summed E-state index contributed by atoms with van der Waals surface area (Å²) in [6.45, 7) is 6.48. The van der Waals surface area contributed by atoms with Crippen LogP contribution in [0.1, 0.15) is 38.8 Å². The van der Waals surface area contributed by atoms with Crippen molar-refractivity contribution in [2.45, 2.75) is 39.3 Å². The first-order valence-electron chi connectivity index (χ1n) is 10.5. The number of hydrogen-bond donors (Lipinski definition) is 2. The molecule has 0 saturated carbocycles. The van der Waals surface area contributed by atoms with Crippen LogP contribution in [-0.4, -0.2) is 50.1 Å². The van der Waals surface area contributed by atoms with Gasteiger partial charge in [-0.1, -0.05) is 25.1 Å². The molecule has 2 aromatic carbocycles. The van der Waals surface area contributed by atoms with Crippen LogP contribution >= 0.6 is 0 Å². The Labute approximate surface area is 184 Å². The summed E-state index contributed by atoms with van der Waals surface area (Å²) in [4.78, 5) is 27.4. The van der Waals surface area contributed by atoms with E-state index < -0.39 is 6.04 Å². The normalized spacial score (nSPS) is 12.7. The van der Waals surface area contributed by atoms with Crippen LogP contribution in [0.2, 0.25) is 0 Å². The lowest BCUT2D eigenvalue weighted by molar-refractivity contribution is -0.126. The summed E-state index contributed by atoms with van der Waals surface area (Å²) < 4.78 is 10.7. The number of ether oxygens (including phenoxy) is 2. The molecule has 2 unspecified atom stereocenters. The van der Waals surface area contributed by atoms with Crippen molar-refractivity contribution in [3.8, 4) is 11.5 Å². The summed E-state index contributed by atoms with van der Waals surface area (Å²) >= 11 is 0. The summed E-state index contributed by atoms with van der Waals surface area (Å²) in [5.74, 6) is 1.06. The number of anilines is 1. The maximum Gasteiger partial charge on any atom is 0.241 e. The summed E-state index contributed by atoms with van der Waals surface area (Å²) in [5.41, 5.74) is 1.56. The number of carbonyl (C=O) groups excluding carboxylic acids is 2. The second-order valence-electron chi connectivity index (χ2n) is 7.40. The van der Waals surface area contributed by atoms with Crippen molar-refractivity contribution < 1.29 is 19.1 Å². The van der Waals surface area contributed by atoms with E-state index in [1.54, 1.807) is 14.2 Å². The zero-order valence-electron chi connectivity index (χ0n) is 19.0. The highest BCUT2D eigenvalue weighted by Crippen LogP contribution is 2.29. The number of carbonyl (C=O) groups is 2.